The number of hydrogen-bond donors (Lipinski definition) is 8. The largest absolute Gasteiger partial charge is 0.492 e. The number of aliphatic hydroxyl groups is 4. The van der Waals surface area contributed by atoms with Gasteiger partial charge in [-0.05, 0) is 0 Å². The van der Waals surface area contributed by atoms with Crippen LogP contribution in [0.3, 0.4) is 0 Å². The number of rotatable bonds is 6. The maximum absolute atomic E-state index is 9.55. The van der Waals surface area contributed by atoms with Gasteiger partial charge in [0, 0.05) is 6.54 Å². The zero-order valence-corrected chi connectivity index (χ0v) is 9.93. The van der Waals surface area contributed by atoms with E-state index >= 15 is 0 Å². The maximum Gasteiger partial charge on any atom is 0.241 e. The Labute approximate surface area is 108 Å². The highest BCUT2D eigenvalue weighted by atomic mass is 16.4. The summed E-state index contributed by atoms with van der Waals surface area (Å²) in [5.74, 6) is -0.755. The zero-order valence-electron chi connectivity index (χ0n) is 9.93. The van der Waals surface area contributed by atoms with Crippen molar-refractivity contribution >= 4 is 17.5 Å². The molecule has 0 aliphatic carbocycles. The average molecular weight is 275 g/mol. The highest BCUT2D eigenvalue weighted by Crippen LogP contribution is 2.25. The van der Waals surface area contributed by atoms with Crippen molar-refractivity contribution in [1.29, 1.82) is 0 Å². The maximum atomic E-state index is 9.55. The quantitative estimate of drug-likeness (QED) is 0.262. The summed E-state index contributed by atoms with van der Waals surface area (Å²) < 4.78 is 0. The molecule has 108 valence electrons. The third kappa shape index (κ3) is 3.79. The first-order valence-corrected chi connectivity index (χ1v) is 5.37. The van der Waals surface area contributed by atoms with Gasteiger partial charge in [-0.15, -0.1) is 0 Å². The van der Waals surface area contributed by atoms with Gasteiger partial charge in [-0.3, -0.25) is 0 Å². The number of nitrogens with zero attached hydrogens (tertiary/aromatic N) is 2. The molecule has 0 aromatic carbocycles. The molecule has 19 heavy (non-hydrogen) atoms. The predicted molar refractivity (Wildman–Crippen MR) is 66.1 cm³/mol. The smallest absolute Gasteiger partial charge is 0.241 e. The van der Waals surface area contributed by atoms with Gasteiger partial charge < -0.3 is 42.3 Å². The molecule has 0 amide bonds. The molecule has 1 aromatic heterocycles. The molecular formula is C9H17N5O5. The highest BCUT2D eigenvalue weighted by molar-refractivity contribution is 5.67. The first kappa shape index (κ1) is 15.2. The summed E-state index contributed by atoms with van der Waals surface area (Å²) in [5, 5.41) is 48.6. The summed E-state index contributed by atoms with van der Waals surface area (Å²) in [4.78, 5) is 7.11. The number of nitrogens with two attached hydrogens (primary N) is 2. The Morgan fingerprint density at radius 3 is 2.32 bits per heavy atom. The third-order valence-electron chi connectivity index (χ3n) is 2.40. The van der Waals surface area contributed by atoms with Gasteiger partial charge in [0.15, 0.2) is 5.82 Å². The van der Waals surface area contributed by atoms with Crippen LogP contribution in [0.15, 0.2) is 0 Å². The van der Waals surface area contributed by atoms with Gasteiger partial charge in [0.2, 0.25) is 11.8 Å². The lowest BCUT2D eigenvalue weighted by Crippen LogP contribution is -2.43. The van der Waals surface area contributed by atoms with Crippen LogP contribution in [-0.2, 0) is 0 Å². The summed E-state index contributed by atoms with van der Waals surface area (Å²) in [5.41, 5.74) is 10.6. The molecule has 1 heterocycles. The average Bonchev–Trinajstić information content (AvgIpc) is 2.38. The van der Waals surface area contributed by atoms with Crippen LogP contribution in [0, 0.1) is 0 Å². The van der Waals surface area contributed by atoms with Gasteiger partial charge in [0.05, 0.1) is 12.7 Å². The van der Waals surface area contributed by atoms with Crippen molar-refractivity contribution < 1.29 is 25.5 Å². The summed E-state index contributed by atoms with van der Waals surface area (Å²) in [6.45, 7) is -0.931. The van der Waals surface area contributed by atoms with Crippen molar-refractivity contribution in [3.63, 3.8) is 0 Å². The van der Waals surface area contributed by atoms with E-state index in [9.17, 15) is 15.3 Å². The molecule has 0 fully saturated rings. The molecule has 0 radical (unpaired) electrons. The van der Waals surface area contributed by atoms with Gasteiger partial charge in [-0.25, -0.2) is 0 Å². The Hall–Kier alpha value is -1.88. The van der Waals surface area contributed by atoms with Crippen LogP contribution in [0.2, 0.25) is 0 Å². The van der Waals surface area contributed by atoms with Crippen LogP contribution in [0.5, 0.6) is 5.88 Å². The number of aromatic nitrogens is 2. The molecule has 10 N–H and O–H groups in total. The van der Waals surface area contributed by atoms with Crippen LogP contribution in [0.1, 0.15) is 0 Å². The lowest BCUT2D eigenvalue weighted by atomic mass is 10.1. The van der Waals surface area contributed by atoms with E-state index in [2.05, 4.69) is 15.3 Å². The van der Waals surface area contributed by atoms with E-state index in [1.807, 2.05) is 0 Å². The topological polar surface area (TPSA) is 191 Å². The van der Waals surface area contributed by atoms with E-state index in [1.54, 1.807) is 0 Å². The Morgan fingerprint density at radius 1 is 1.11 bits per heavy atom. The second kappa shape index (κ2) is 6.33. The third-order valence-corrected chi connectivity index (χ3v) is 2.40. The minimum absolute atomic E-state index is 0.0188. The van der Waals surface area contributed by atoms with Crippen LogP contribution in [0.25, 0.3) is 0 Å². The van der Waals surface area contributed by atoms with Crippen molar-refractivity contribution in [3.05, 3.63) is 0 Å². The molecular weight excluding hydrogens is 258 g/mol. The van der Waals surface area contributed by atoms with Crippen LogP contribution < -0.4 is 16.8 Å². The molecule has 0 saturated heterocycles. The molecule has 0 unspecified atom stereocenters. The number of hydrogen-bond acceptors (Lipinski definition) is 10. The predicted octanol–water partition coefficient (Wildman–Crippen LogP) is -3.17. The number of nitrogens with one attached hydrogen (secondary N) is 1. The molecule has 0 bridgehead atoms. The Kier molecular flexibility index (Phi) is 5.06. The lowest BCUT2D eigenvalue weighted by molar-refractivity contribution is -0.0715. The molecule has 0 aliphatic rings. The second-order valence-electron chi connectivity index (χ2n) is 3.86. The first-order valence-electron chi connectivity index (χ1n) is 5.37. The fourth-order valence-electron chi connectivity index (χ4n) is 1.30. The summed E-state index contributed by atoms with van der Waals surface area (Å²) in [6.07, 6.45) is -4.41. The van der Waals surface area contributed by atoms with Crippen LogP contribution in [-0.4, -0.2) is 67.0 Å². The Balaban J connectivity index is 2.67. The van der Waals surface area contributed by atoms with Crippen LogP contribution in [0.4, 0.5) is 17.5 Å². The van der Waals surface area contributed by atoms with Gasteiger partial charge in [-0.2, -0.15) is 9.97 Å². The second-order valence-corrected chi connectivity index (χ2v) is 3.86. The first-order chi connectivity index (χ1) is 8.86. The Morgan fingerprint density at radius 2 is 1.74 bits per heavy atom. The zero-order chi connectivity index (χ0) is 14.6. The minimum Gasteiger partial charge on any atom is -0.492 e. The molecule has 10 nitrogen and oxygen atoms in total. The SMILES string of the molecule is Nc1nc(O)c(N)c(NC[C@H](O)[C@H](O)[C@H](O)CO)n1. The fourth-order valence-corrected chi connectivity index (χ4v) is 1.30. The number of anilines is 3. The standard InChI is InChI=1S/C9H17N5O5/c10-5-7(13-9(11)14-8(5)19)12-1-3(16)6(18)4(17)2-15/h3-4,6,15-18H,1-2,10H2,(H4,11,12,13,14,19)/t3-,4+,6-/m0/s1. The normalized spacial score (nSPS) is 15.8. The van der Waals surface area contributed by atoms with Crippen molar-refractivity contribution in [2.45, 2.75) is 18.3 Å². The van der Waals surface area contributed by atoms with E-state index in [4.69, 9.17) is 21.7 Å². The summed E-state index contributed by atoms with van der Waals surface area (Å²) in [7, 11) is 0. The molecule has 0 aliphatic heterocycles. The van der Waals surface area contributed by atoms with E-state index in [0.717, 1.165) is 0 Å². The number of aliphatic hydroxyl groups excluding tert-OH is 4. The van der Waals surface area contributed by atoms with Crippen molar-refractivity contribution in [2.24, 2.45) is 0 Å². The van der Waals surface area contributed by atoms with E-state index in [1.165, 1.54) is 0 Å². The molecule has 10 heteroatoms. The lowest BCUT2D eigenvalue weighted by Gasteiger charge is -2.22. The number of nitrogen functional groups attached to an aromatic ring is 2. The van der Waals surface area contributed by atoms with Gasteiger partial charge >= 0.3 is 0 Å². The summed E-state index contributed by atoms with van der Waals surface area (Å²) in [6, 6.07) is 0. The monoisotopic (exact) mass is 275 g/mol. The Bertz CT molecular complexity index is 432. The van der Waals surface area contributed by atoms with Crippen molar-refractivity contribution in [3.8, 4) is 5.88 Å². The van der Waals surface area contributed by atoms with E-state index in [0.29, 0.717) is 0 Å². The minimum atomic E-state index is -1.55. The van der Waals surface area contributed by atoms with E-state index < -0.39 is 30.8 Å². The van der Waals surface area contributed by atoms with Crippen molar-refractivity contribution in [1.82, 2.24) is 9.97 Å². The van der Waals surface area contributed by atoms with Gasteiger partial charge in [-0.1, -0.05) is 0 Å². The molecule has 0 spiro atoms. The number of aromatic hydroxyl groups is 1. The molecule has 0 saturated carbocycles. The summed E-state index contributed by atoms with van der Waals surface area (Å²) >= 11 is 0. The van der Waals surface area contributed by atoms with Gasteiger partial charge in [0.1, 0.15) is 17.9 Å². The fraction of sp³-hybridized carbons (Fsp3) is 0.556. The van der Waals surface area contributed by atoms with Crippen molar-refractivity contribution in [2.75, 3.05) is 29.9 Å². The molecule has 1 rings (SSSR count). The van der Waals surface area contributed by atoms with Crippen LogP contribution >= 0.6 is 0 Å². The van der Waals surface area contributed by atoms with E-state index in [-0.39, 0.29) is 24.0 Å². The molecule has 3 atom stereocenters. The molecule has 1 aromatic rings. The highest BCUT2D eigenvalue weighted by Gasteiger charge is 2.24. The van der Waals surface area contributed by atoms with Gasteiger partial charge in [0.25, 0.3) is 0 Å².